The third kappa shape index (κ3) is 5.31. The third-order valence-electron chi connectivity index (χ3n) is 9.15. The van der Waals surface area contributed by atoms with E-state index in [0.29, 0.717) is 42.0 Å². The highest BCUT2D eigenvalue weighted by molar-refractivity contribution is 6.71. The van der Waals surface area contributed by atoms with Crippen LogP contribution in [-0.4, -0.2) is 70.3 Å². The van der Waals surface area contributed by atoms with E-state index in [1.807, 2.05) is 74.7 Å². The van der Waals surface area contributed by atoms with Crippen molar-refractivity contribution >= 4 is 37.2 Å². The zero-order valence-electron chi connectivity index (χ0n) is 24.9. The summed E-state index contributed by atoms with van der Waals surface area (Å²) >= 11 is 0. The van der Waals surface area contributed by atoms with Gasteiger partial charge in [0.1, 0.15) is 0 Å². The van der Waals surface area contributed by atoms with E-state index in [1.54, 1.807) is 9.58 Å². The van der Waals surface area contributed by atoms with Crippen molar-refractivity contribution in [2.45, 2.75) is 75.5 Å². The van der Waals surface area contributed by atoms with Gasteiger partial charge < -0.3 is 25.3 Å². The van der Waals surface area contributed by atoms with Gasteiger partial charge in [0.15, 0.2) is 13.9 Å². The summed E-state index contributed by atoms with van der Waals surface area (Å²) in [4.78, 5) is 41.0. The van der Waals surface area contributed by atoms with Crippen molar-refractivity contribution < 1.29 is 24.2 Å². The van der Waals surface area contributed by atoms with Crippen LogP contribution < -0.4 is 15.5 Å². The fourth-order valence-corrected chi connectivity index (χ4v) is 9.86. The Labute approximate surface area is 252 Å². The number of aryl methyl sites for hydroxylation is 1. The molecule has 1 aromatic heterocycles. The van der Waals surface area contributed by atoms with Crippen molar-refractivity contribution in [1.29, 1.82) is 0 Å². The van der Waals surface area contributed by atoms with E-state index < -0.39 is 20.0 Å². The topological polar surface area (TPSA) is 142 Å². The fraction of sp³-hybridized carbons (Fsp3) is 0.484. The number of anilines is 3. The highest BCUT2D eigenvalue weighted by atomic mass is 28.4. The number of benzene rings is 2. The van der Waals surface area contributed by atoms with Gasteiger partial charge in [0.05, 0.1) is 23.5 Å². The van der Waals surface area contributed by atoms with E-state index in [4.69, 9.17) is 4.74 Å². The zero-order valence-corrected chi connectivity index (χ0v) is 25.9. The molecule has 12 heteroatoms. The van der Waals surface area contributed by atoms with Gasteiger partial charge >= 0.3 is 0 Å². The number of aliphatic hydroxyl groups is 1. The Bertz CT molecular complexity index is 1490. The quantitative estimate of drug-likeness (QED) is 0.273. The van der Waals surface area contributed by atoms with E-state index >= 15 is 0 Å². The molecule has 5 atom stereocenters. The maximum Gasteiger partial charge on any atom is 0.268 e. The molecule has 2 fully saturated rings. The van der Waals surface area contributed by atoms with E-state index in [0.717, 1.165) is 25.1 Å². The average molecular weight is 605 g/mol. The minimum absolute atomic E-state index is 0.00408. The van der Waals surface area contributed by atoms with Crippen molar-refractivity contribution in [3.05, 3.63) is 66.0 Å². The summed E-state index contributed by atoms with van der Waals surface area (Å²) in [6.07, 6.45) is 4.08. The molecule has 0 unspecified atom stereocenters. The summed E-state index contributed by atoms with van der Waals surface area (Å²) in [5.74, 6) is -0.629. The van der Waals surface area contributed by atoms with Gasteiger partial charge in [-0.25, -0.2) is 0 Å². The second kappa shape index (κ2) is 11.6. The van der Waals surface area contributed by atoms with Crippen molar-refractivity contribution in [2.75, 3.05) is 23.4 Å². The monoisotopic (exact) mass is 604 g/mol. The second-order valence-corrected chi connectivity index (χ2v) is 16.4. The third-order valence-corrected chi connectivity index (χ3v) is 11.7. The van der Waals surface area contributed by atoms with E-state index in [9.17, 15) is 19.5 Å². The number of hydrogen-bond donors (Lipinski definition) is 4. The lowest BCUT2D eigenvalue weighted by Crippen LogP contribution is -2.45. The summed E-state index contributed by atoms with van der Waals surface area (Å²) in [5.41, 5.74) is 1.85. The molecule has 3 aliphatic heterocycles. The molecule has 0 saturated carbocycles. The van der Waals surface area contributed by atoms with Crippen LogP contribution in [0.3, 0.4) is 0 Å². The van der Waals surface area contributed by atoms with Crippen molar-refractivity contribution in [2.24, 2.45) is 5.92 Å². The van der Waals surface area contributed by atoms with Crippen molar-refractivity contribution in [3.63, 3.8) is 0 Å². The smallest absolute Gasteiger partial charge is 0.268 e. The number of nitrogens with zero attached hydrogens (tertiary/aromatic N) is 4. The van der Waals surface area contributed by atoms with Crippen LogP contribution in [0.5, 0.6) is 0 Å². The minimum atomic E-state index is -2.85. The molecule has 1 spiro atoms. The van der Waals surface area contributed by atoms with Gasteiger partial charge in [0.25, 0.3) is 5.91 Å². The summed E-state index contributed by atoms with van der Waals surface area (Å²) in [7, 11) is -2.85. The molecular formula is C31H40N6O5Si. The Kier molecular flexibility index (Phi) is 7.98. The van der Waals surface area contributed by atoms with Crippen LogP contribution in [-0.2, 0) is 32.9 Å². The SMILES string of the molecule is C[C@H]1[C@H]([Si](C)(C)O)[C@@H](CCn2cc(CCO)nn2)O[C@]12C(=O)N(c1ccccc1)c1ccc(NC(=O)[C@H]3CCCN3)cc12. The van der Waals surface area contributed by atoms with Gasteiger partial charge in [-0.3, -0.25) is 19.2 Å². The Morgan fingerprint density at radius 1 is 1.23 bits per heavy atom. The molecule has 11 nitrogen and oxygen atoms in total. The highest BCUT2D eigenvalue weighted by Crippen LogP contribution is 2.61. The molecule has 4 heterocycles. The Morgan fingerprint density at radius 2 is 2.02 bits per heavy atom. The molecule has 2 aromatic carbocycles. The van der Waals surface area contributed by atoms with Crippen molar-refractivity contribution in [1.82, 2.24) is 20.3 Å². The average Bonchev–Trinajstić information content (AvgIpc) is 3.76. The summed E-state index contributed by atoms with van der Waals surface area (Å²) < 4.78 is 8.67. The number of amides is 2. The van der Waals surface area contributed by atoms with Crippen LogP contribution in [0, 0.1) is 5.92 Å². The molecule has 3 aliphatic rings. The van der Waals surface area contributed by atoms with Crippen molar-refractivity contribution in [3.8, 4) is 0 Å². The molecule has 43 heavy (non-hydrogen) atoms. The maximum atomic E-state index is 14.7. The van der Waals surface area contributed by atoms with Crippen LogP contribution in [0.4, 0.5) is 17.1 Å². The first kappa shape index (κ1) is 29.6. The highest BCUT2D eigenvalue weighted by Gasteiger charge is 2.66. The molecule has 0 radical (unpaired) electrons. The predicted octanol–water partition coefficient (Wildman–Crippen LogP) is 3.07. The lowest BCUT2D eigenvalue weighted by molar-refractivity contribution is -0.145. The second-order valence-electron chi connectivity index (χ2n) is 12.4. The molecule has 3 aromatic rings. The normalized spacial score (nSPS) is 26.8. The predicted molar refractivity (Wildman–Crippen MR) is 164 cm³/mol. The van der Waals surface area contributed by atoms with Gasteiger partial charge in [0.2, 0.25) is 5.91 Å². The summed E-state index contributed by atoms with van der Waals surface area (Å²) in [6.45, 7) is 7.11. The first-order valence-corrected chi connectivity index (χ1v) is 18.1. The summed E-state index contributed by atoms with van der Waals surface area (Å²) in [5, 5.41) is 23.9. The maximum absolute atomic E-state index is 14.7. The van der Waals surface area contributed by atoms with Gasteiger partial charge in [0, 0.05) is 54.2 Å². The van der Waals surface area contributed by atoms with Crippen LogP contribution in [0.25, 0.3) is 0 Å². The molecule has 6 rings (SSSR count). The Balaban J connectivity index is 1.39. The molecule has 0 aliphatic carbocycles. The minimum Gasteiger partial charge on any atom is -0.432 e. The molecule has 2 amide bonds. The largest absolute Gasteiger partial charge is 0.432 e. The first-order chi connectivity index (χ1) is 20.6. The number of para-hydroxylation sites is 1. The van der Waals surface area contributed by atoms with E-state index in [1.165, 1.54) is 0 Å². The number of carbonyl (C=O) groups excluding carboxylic acids is 2. The molecule has 0 bridgehead atoms. The number of nitrogens with one attached hydrogen (secondary N) is 2. The molecule has 4 N–H and O–H groups in total. The van der Waals surface area contributed by atoms with Crippen LogP contribution in [0.2, 0.25) is 18.6 Å². The molecule has 2 saturated heterocycles. The number of fused-ring (bicyclic) bond motifs is 2. The Hall–Kier alpha value is -3.42. The van der Waals surface area contributed by atoms with Crippen LogP contribution >= 0.6 is 0 Å². The zero-order chi connectivity index (χ0) is 30.4. The first-order valence-electron chi connectivity index (χ1n) is 15.1. The number of hydrogen-bond acceptors (Lipinski definition) is 8. The Morgan fingerprint density at radius 3 is 2.72 bits per heavy atom. The van der Waals surface area contributed by atoms with Gasteiger partial charge in [-0.1, -0.05) is 30.3 Å². The van der Waals surface area contributed by atoms with E-state index in [2.05, 4.69) is 20.9 Å². The number of ether oxygens (including phenoxy) is 1. The number of carbonyl (C=O) groups is 2. The van der Waals surface area contributed by atoms with Gasteiger partial charge in [-0.05, 0) is 69.2 Å². The number of aromatic nitrogens is 3. The van der Waals surface area contributed by atoms with Crippen LogP contribution in [0.1, 0.15) is 37.4 Å². The number of aliphatic hydroxyl groups excluding tert-OH is 1. The van der Waals surface area contributed by atoms with Gasteiger partial charge in [-0.2, -0.15) is 0 Å². The molecule has 228 valence electrons. The number of rotatable bonds is 9. The lowest BCUT2D eigenvalue weighted by Gasteiger charge is -2.32. The standard InChI is InChI=1S/C31H40N6O5Si/c1-20-28(43(2,3)41)27(13-16-36-19-22(14-17-38)34-35-36)42-31(20)24-18-21(33-29(39)25-10-7-15-32-25)11-12-26(24)37(30(31)40)23-8-5-4-6-9-23/h4-6,8-9,11-12,18-20,25,27-28,32,38,41H,7,10,13-17H2,1-3H3,(H,33,39)/t20-,25+,27+,28-,31+/m0/s1. The van der Waals surface area contributed by atoms with E-state index in [-0.39, 0.29) is 35.9 Å². The summed E-state index contributed by atoms with van der Waals surface area (Å²) in [6, 6.07) is 14.9. The lowest BCUT2D eigenvalue weighted by atomic mass is 9.82. The fourth-order valence-electron chi connectivity index (χ4n) is 7.26. The van der Waals surface area contributed by atoms with Gasteiger partial charge in [-0.15, -0.1) is 5.10 Å². The molecular weight excluding hydrogens is 564 g/mol. The van der Waals surface area contributed by atoms with Crippen LogP contribution in [0.15, 0.2) is 54.7 Å².